The molecule has 8 heteroatoms. The third-order valence-corrected chi connectivity index (χ3v) is 4.45. The summed E-state index contributed by atoms with van der Waals surface area (Å²) in [6, 6.07) is 13.2. The molecule has 30 heavy (non-hydrogen) atoms. The Morgan fingerprint density at radius 3 is 2.53 bits per heavy atom. The van der Waals surface area contributed by atoms with Crippen molar-refractivity contribution in [1.82, 2.24) is 10.6 Å². The van der Waals surface area contributed by atoms with Crippen LogP contribution in [0.15, 0.2) is 48.5 Å². The lowest BCUT2D eigenvalue weighted by atomic mass is 10.0. The smallest absolute Gasteiger partial charge is 0.345 e. The van der Waals surface area contributed by atoms with Crippen molar-refractivity contribution in [2.75, 3.05) is 13.7 Å². The molecule has 2 aromatic rings. The van der Waals surface area contributed by atoms with Gasteiger partial charge in [-0.25, -0.2) is 9.59 Å². The fourth-order valence-electron chi connectivity index (χ4n) is 3.14. The zero-order valence-electron chi connectivity index (χ0n) is 17.1. The molecule has 3 rings (SSSR count). The number of urea groups is 1. The Balaban J connectivity index is 1.68. The van der Waals surface area contributed by atoms with Crippen molar-refractivity contribution in [3.63, 3.8) is 0 Å². The Morgan fingerprint density at radius 2 is 1.83 bits per heavy atom. The normalized spacial score (nSPS) is 14.6. The van der Waals surface area contributed by atoms with Crippen LogP contribution in [0.4, 0.5) is 4.79 Å². The van der Waals surface area contributed by atoms with E-state index in [-0.39, 0.29) is 5.60 Å². The first-order valence-corrected chi connectivity index (χ1v) is 9.50. The third-order valence-electron chi connectivity index (χ3n) is 4.45. The highest BCUT2D eigenvalue weighted by molar-refractivity contribution is 5.97. The summed E-state index contributed by atoms with van der Waals surface area (Å²) < 4.78 is 16.9. The number of para-hydroxylation sites is 1. The molecule has 1 aliphatic rings. The number of hydrogen-bond donors (Lipinski definition) is 2. The van der Waals surface area contributed by atoms with Gasteiger partial charge < -0.3 is 19.5 Å². The highest BCUT2D eigenvalue weighted by atomic mass is 16.6. The van der Waals surface area contributed by atoms with Gasteiger partial charge in [0.05, 0.1) is 0 Å². The molecule has 0 aromatic heterocycles. The molecule has 1 atom stereocenters. The van der Waals surface area contributed by atoms with Crippen molar-refractivity contribution < 1.29 is 28.6 Å². The van der Waals surface area contributed by atoms with Crippen molar-refractivity contribution in [2.45, 2.75) is 32.0 Å². The van der Waals surface area contributed by atoms with Gasteiger partial charge in [-0.3, -0.25) is 10.1 Å². The summed E-state index contributed by atoms with van der Waals surface area (Å²) in [4.78, 5) is 36.3. The van der Waals surface area contributed by atoms with Crippen molar-refractivity contribution in [3.05, 3.63) is 59.7 Å². The van der Waals surface area contributed by atoms with Gasteiger partial charge in [0, 0.05) is 24.6 Å². The number of benzene rings is 2. The van der Waals surface area contributed by atoms with Gasteiger partial charge in [-0.15, -0.1) is 0 Å². The monoisotopic (exact) mass is 412 g/mol. The van der Waals surface area contributed by atoms with Crippen LogP contribution in [-0.2, 0) is 20.7 Å². The maximum atomic E-state index is 12.4. The highest BCUT2D eigenvalue weighted by Crippen LogP contribution is 2.41. The van der Waals surface area contributed by atoms with E-state index in [0.717, 1.165) is 12.0 Å². The highest BCUT2D eigenvalue weighted by Gasteiger charge is 2.32. The van der Waals surface area contributed by atoms with Gasteiger partial charge in [0.25, 0.3) is 5.91 Å². The lowest BCUT2D eigenvalue weighted by Gasteiger charge is -2.19. The van der Waals surface area contributed by atoms with Crippen LogP contribution in [0, 0.1) is 0 Å². The zero-order chi connectivity index (χ0) is 21.7. The SMILES string of the molecule is CNC(=O)NC(=O)[C@H](OC(=O)COc1cccc2c1OC(C)(C)C2)c1ccccc1. The first-order chi connectivity index (χ1) is 14.3. The van der Waals surface area contributed by atoms with Crippen LogP contribution in [0.3, 0.4) is 0 Å². The lowest BCUT2D eigenvalue weighted by Crippen LogP contribution is -2.41. The second-order valence-corrected chi connectivity index (χ2v) is 7.42. The summed E-state index contributed by atoms with van der Waals surface area (Å²) in [7, 11) is 1.38. The molecule has 8 nitrogen and oxygen atoms in total. The van der Waals surface area contributed by atoms with Crippen LogP contribution in [0.2, 0.25) is 0 Å². The predicted octanol–water partition coefficient (Wildman–Crippen LogP) is 2.52. The number of carbonyl (C=O) groups excluding carboxylic acids is 3. The maximum absolute atomic E-state index is 12.4. The minimum Gasteiger partial charge on any atom is -0.483 e. The summed E-state index contributed by atoms with van der Waals surface area (Å²) in [6.45, 7) is 3.53. The molecular formula is C22H24N2O6. The number of rotatable bonds is 6. The van der Waals surface area contributed by atoms with E-state index in [1.54, 1.807) is 36.4 Å². The van der Waals surface area contributed by atoms with Gasteiger partial charge in [-0.2, -0.15) is 0 Å². The van der Waals surface area contributed by atoms with E-state index in [0.29, 0.717) is 17.1 Å². The summed E-state index contributed by atoms with van der Waals surface area (Å²) in [6.07, 6.45) is -0.559. The van der Waals surface area contributed by atoms with Gasteiger partial charge in [0.15, 0.2) is 18.1 Å². The van der Waals surface area contributed by atoms with Crippen LogP contribution in [-0.4, -0.2) is 37.2 Å². The first-order valence-electron chi connectivity index (χ1n) is 9.50. The quantitative estimate of drug-likeness (QED) is 0.707. The van der Waals surface area contributed by atoms with E-state index >= 15 is 0 Å². The summed E-state index contributed by atoms with van der Waals surface area (Å²) in [5.41, 5.74) is 1.08. The molecule has 2 N–H and O–H groups in total. The maximum Gasteiger partial charge on any atom is 0.345 e. The Hall–Kier alpha value is -3.55. The number of hydrogen-bond acceptors (Lipinski definition) is 6. The van der Waals surface area contributed by atoms with E-state index in [2.05, 4.69) is 10.6 Å². The lowest BCUT2D eigenvalue weighted by molar-refractivity contribution is -0.158. The van der Waals surface area contributed by atoms with Gasteiger partial charge in [-0.05, 0) is 19.9 Å². The van der Waals surface area contributed by atoms with Gasteiger partial charge >= 0.3 is 12.0 Å². The number of nitrogens with one attached hydrogen (secondary N) is 2. The number of fused-ring (bicyclic) bond motifs is 1. The van der Waals surface area contributed by atoms with Crippen molar-refractivity contribution in [1.29, 1.82) is 0 Å². The van der Waals surface area contributed by atoms with Crippen molar-refractivity contribution in [2.24, 2.45) is 0 Å². The third kappa shape index (κ3) is 5.08. The second-order valence-electron chi connectivity index (χ2n) is 7.42. The molecule has 3 amide bonds. The van der Waals surface area contributed by atoms with E-state index in [1.807, 2.05) is 26.0 Å². The Kier molecular flexibility index (Phi) is 6.25. The molecule has 0 saturated carbocycles. The van der Waals surface area contributed by atoms with Gasteiger partial charge in [0.1, 0.15) is 5.60 Å². The molecule has 1 heterocycles. The minimum absolute atomic E-state index is 0.349. The molecule has 0 radical (unpaired) electrons. The zero-order valence-corrected chi connectivity index (χ0v) is 17.1. The molecule has 0 bridgehead atoms. The first kappa shape index (κ1) is 21.2. The summed E-state index contributed by atoms with van der Waals surface area (Å²) >= 11 is 0. The van der Waals surface area contributed by atoms with E-state index < -0.39 is 30.6 Å². The van der Waals surface area contributed by atoms with Crippen molar-refractivity contribution >= 4 is 17.9 Å². The summed E-state index contributed by atoms with van der Waals surface area (Å²) in [5, 5.41) is 4.41. The molecule has 0 saturated heterocycles. The van der Waals surface area contributed by atoms with Crippen LogP contribution in [0.1, 0.15) is 31.1 Å². The summed E-state index contributed by atoms with van der Waals surface area (Å²) in [5.74, 6) is -0.487. The molecular weight excluding hydrogens is 388 g/mol. The average molecular weight is 412 g/mol. The second kappa shape index (κ2) is 8.86. The van der Waals surface area contributed by atoms with E-state index in [4.69, 9.17) is 14.2 Å². The van der Waals surface area contributed by atoms with Gasteiger partial charge in [-0.1, -0.05) is 42.5 Å². The number of imide groups is 1. The molecule has 0 unspecified atom stereocenters. The van der Waals surface area contributed by atoms with Crippen LogP contribution in [0.25, 0.3) is 0 Å². The molecule has 0 spiro atoms. The van der Waals surface area contributed by atoms with E-state index in [1.165, 1.54) is 7.05 Å². The Labute approximate surface area is 174 Å². The largest absolute Gasteiger partial charge is 0.483 e. The topological polar surface area (TPSA) is 103 Å². The number of esters is 1. The van der Waals surface area contributed by atoms with Crippen molar-refractivity contribution in [3.8, 4) is 11.5 Å². The standard InChI is InChI=1S/C22H24N2O6/c1-22(2)12-15-10-7-11-16(18(15)30-22)28-13-17(25)29-19(14-8-5-4-6-9-14)20(26)24-21(27)23-3/h4-11,19H,12-13H2,1-3H3,(H2,23,24,26,27)/t19-/m1/s1. The van der Waals surface area contributed by atoms with Gasteiger partial charge in [0.2, 0.25) is 6.10 Å². The fourth-order valence-corrected chi connectivity index (χ4v) is 3.14. The molecule has 0 fully saturated rings. The molecule has 2 aromatic carbocycles. The van der Waals surface area contributed by atoms with E-state index in [9.17, 15) is 14.4 Å². The Bertz CT molecular complexity index is 942. The van der Waals surface area contributed by atoms with Crippen LogP contribution < -0.4 is 20.1 Å². The Morgan fingerprint density at radius 1 is 1.10 bits per heavy atom. The molecule has 0 aliphatic carbocycles. The fraction of sp³-hybridized carbons (Fsp3) is 0.318. The number of carbonyl (C=O) groups is 3. The molecule has 1 aliphatic heterocycles. The number of amides is 3. The minimum atomic E-state index is -1.30. The number of ether oxygens (including phenoxy) is 3. The van der Waals surface area contributed by atoms with Crippen LogP contribution in [0.5, 0.6) is 11.5 Å². The van der Waals surface area contributed by atoms with Crippen LogP contribution >= 0.6 is 0 Å². The average Bonchev–Trinajstić information content (AvgIpc) is 3.05. The molecule has 158 valence electrons. The predicted molar refractivity (Wildman–Crippen MR) is 108 cm³/mol.